The van der Waals surface area contributed by atoms with Gasteiger partial charge in [-0.1, -0.05) is 18.2 Å². The maximum absolute atomic E-state index is 12.3. The molecule has 2 rings (SSSR count). The second kappa shape index (κ2) is 6.74. The molecule has 0 aliphatic rings. The Morgan fingerprint density at radius 2 is 1.95 bits per heavy atom. The number of fused-ring (bicyclic) bond motifs is 1. The lowest BCUT2D eigenvalue weighted by molar-refractivity contribution is -0.131. The van der Waals surface area contributed by atoms with Crippen LogP contribution in [0.3, 0.4) is 0 Å². The second-order valence-electron chi connectivity index (χ2n) is 5.73. The fraction of sp³-hybridized carbons (Fsp3) is 0.438. The van der Waals surface area contributed by atoms with E-state index in [0.717, 1.165) is 23.0 Å². The average Bonchev–Trinajstić information content (AvgIpc) is 2.87. The van der Waals surface area contributed by atoms with Crippen molar-refractivity contribution in [3.05, 3.63) is 36.0 Å². The van der Waals surface area contributed by atoms with Crippen LogP contribution in [0.1, 0.15) is 5.56 Å². The first-order chi connectivity index (χ1) is 9.99. The molecule has 5 nitrogen and oxygen atoms in total. The molecule has 0 unspecified atom stereocenters. The molecule has 1 aromatic heterocycles. The Balaban J connectivity index is 2.00. The SMILES string of the molecule is CN(C)CCN(C)C(=O)[C@H](N)Cc1c[nH]c2ccccc12. The van der Waals surface area contributed by atoms with E-state index in [0.29, 0.717) is 13.0 Å². The number of nitrogens with two attached hydrogens (primary N) is 1. The summed E-state index contributed by atoms with van der Waals surface area (Å²) in [6.07, 6.45) is 2.49. The van der Waals surface area contributed by atoms with E-state index in [9.17, 15) is 4.79 Å². The highest BCUT2D eigenvalue weighted by Gasteiger charge is 2.19. The van der Waals surface area contributed by atoms with Gasteiger partial charge in [0.05, 0.1) is 6.04 Å². The third kappa shape index (κ3) is 3.83. The molecule has 1 amide bonds. The van der Waals surface area contributed by atoms with Crippen LogP contribution in [0.25, 0.3) is 10.9 Å². The van der Waals surface area contributed by atoms with E-state index >= 15 is 0 Å². The van der Waals surface area contributed by atoms with Crippen molar-refractivity contribution in [2.24, 2.45) is 5.73 Å². The smallest absolute Gasteiger partial charge is 0.239 e. The maximum Gasteiger partial charge on any atom is 0.239 e. The minimum atomic E-state index is -0.503. The first kappa shape index (κ1) is 15.5. The van der Waals surface area contributed by atoms with Crippen LogP contribution in [0.4, 0.5) is 0 Å². The summed E-state index contributed by atoms with van der Waals surface area (Å²) in [4.78, 5) is 19.3. The molecule has 1 aromatic carbocycles. The Labute approximate surface area is 125 Å². The fourth-order valence-electron chi connectivity index (χ4n) is 2.37. The summed E-state index contributed by atoms with van der Waals surface area (Å²) in [7, 11) is 5.79. The summed E-state index contributed by atoms with van der Waals surface area (Å²) >= 11 is 0. The van der Waals surface area contributed by atoms with Crippen molar-refractivity contribution < 1.29 is 4.79 Å². The van der Waals surface area contributed by atoms with Gasteiger partial charge in [0.15, 0.2) is 0 Å². The van der Waals surface area contributed by atoms with E-state index in [1.165, 1.54) is 0 Å². The van der Waals surface area contributed by atoms with Crippen molar-refractivity contribution in [1.82, 2.24) is 14.8 Å². The number of nitrogens with zero attached hydrogens (tertiary/aromatic N) is 2. The van der Waals surface area contributed by atoms with Crippen molar-refractivity contribution in [1.29, 1.82) is 0 Å². The number of likely N-dealkylation sites (N-methyl/N-ethyl adjacent to an activating group) is 2. The number of benzene rings is 1. The number of carbonyl (C=O) groups excluding carboxylic acids is 1. The van der Waals surface area contributed by atoms with Crippen LogP contribution in [-0.2, 0) is 11.2 Å². The number of carbonyl (C=O) groups is 1. The zero-order chi connectivity index (χ0) is 15.4. The molecule has 5 heteroatoms. The Kier molecular flexibility index (Phi) is 4.98. The molecule has 0 saturated carbocycles. The van der Waals surface area contributed by atoms with E-state index in [4.69, 9.17) is 5.73 Å². The van der Waals surface area contributed by atoms with E-state index in [-0.39, 0.29) is 5.91 Å². The zero-order valence-electron chi connectivity index (χ0n) is 13.0. The summed E-state index contributed by atoms with van der Waals surface area (Å²) in [5.41, 5.74) is 8.26. The van der Waals surface area contributed by atoms with Crippen LogP contribution in [0.15, 0.2) is 30.5 Å². The minimum Gasteiger partial charge on any atom is -0.361 e. The number of hydrogen-bond acceptors (Lipinski definition) is 3. The lowest BCUT2D eigenvalue weighted by Gasteiger charge is -2.22. The predicted molar refractivity (Wildman–Crippen MR) is 86.2 cm³/mol. The fourth-order valence-corrected chi connectivity index (χ4v) is 2.37. The van der Waals surface area contributed by atoms with Crippen LogP contribution < -0.4 is 5.73 Å². The Bertz CT molecular complexity index is 605. The van der Waals surface area contributed by atoms with Crippen molar-refractivity contribution >= 4 is 16.8 Å². The van der Waals surface area contributed by atoms with E-state index in [2.05, 4.69) is 9.88 Å². The maximum atomic E-state index is 12.3. The summed E-state index contributed by atoms with van der Waals surface area (Å²) < 4.78 is 0. The molecule has 0 fully saturated rings. The van der Waals surface area contributed by atoms with E-state index in [1.54, 1.807) is 11.9 Å². The van der Waals surface area contributed by atoms with Gasteiger partial charge in [0.1, 0.15) is 0 Å². The summed E-state index contributed by atoms with van der Waals surface area (Å²) in [6.45, 7) is 1.52. The van der Waals surface area contributed by atoms with Gasteiger partial charge in [-0.3, -0.25) is 4.79 Å². The molecule has 1 heterocycles. The first-order valence-electron chi connectivity index (χ1n) is 7.19. The molecule has 1 atom stereocenters. The molecule has 21 heavy (non-hydrogen) atoms. The lowest BCUT2D eigenvalue weighted by Crippen LogP contribution is -2.45. The molecule has 114 valence electrons. The Morgan fingerprint density at radius 1 is 1.24 bits per heavy atom. The van der Waals surface area contributed by atoms with Gasteiger partial charge in [-0.2, -0.15) is 0 Å². The van der Waals surface area contributed by atoms with Crippen molar-refractivity contribution in [3.8, 4) is 0 Å². The normalized spacial score (nSPS) is 12.8. The highest BCUT2D eigenvalue weighted by Crippen LogP contribution is 2.19. The lowest BCUT2D eigenvalue weighted by atomic mass is 10.0. The van der Waals surface area contributed by atoms with Crippen molar-refractivity contribution in [3.63, 3.8) is 0 Å². The number of H-pyrrole nitrogens is 1. The molecule has 3 N–H and O–H groups in total. The van der Waals surface area contributed by atoms with Crippen LogP contribution in [0.5, 0.6) is 0 Å². The molecule has 0 saturated heterocycles. The van der Waals surface area contributed by atoms with Gasteiger partial charge >= 0.3 is 0 Å². The molecule has 0 aliphatic heterocycles. The van der Waals surface area contributed by atoms with Gasteiger partial charge in [-0.05, 0) is 32.1 Å². The van der Waals surface area contributed by atoms with Crippen LogP contribution in [0.2, 0.25) is 0 Å². The number of aromatic nitrogens is 1. The predicted octanol–water partition coefficient (Wildman–Crippen LogP) is 1.06. The summed E-state index contributed by atoms with van der Waals surface area (Å²) in [6, 6.07) is 7.55. The molecular formula is C16H24N4O. The number of hydrogen-bond donors (Lipinski definition) is 2. The van der Waals surface area contributed by atoms with Gasteiger partial charge in [0, 0.05) is 37.2 Å². The van der Waals surface area contributed by atoms with Crippen LogP contribution >= 0.6 is 0 Å². The number of amides is 1. The van der Waals surface area contributed by atoms with E-state index in [1.807, 2.05) is 44.6 Å². The topological polar surface area (TPSA) is 65.4 Å². The summed E-state index contributed by atoms with van der Waals surface area (Å²) in [5.74, 6) is -0.0119. The zero-order valence-corrected chi connectivity index (χ0v) is 13.0. The van der Waals surface area contributed by atoms with Gasteiger partial charge in [-0.25, -0.2) is 0 Å². The second-order valence-corrected chi connectivity index (χ2v) is 5.73. The van der Waals surface area contributed by atoms with Gasteiger partial charge in [0.25, 0.3) is 0 Å². The standard InChI is InChI=1S/C16H24N4O/c1-19(2)8-9-20(3)16(21)14(17)10-12-11-18-15-7-5-4-6-13(12)15/h4-7,11,14,18H,8-10,17H2,1-3H3/t14-/m1/s1. The Hall–Kier alpha value is -1.85. The van der Waals surface area contributed by atoms with Crippen molar-refractivity contribution in [2.45, 2.75) is 12.5 Å². The van der Waals surface area contributed by atoms with Gasteiger partial charge < -0.3 is 20.5 Å². The number of rotatable bonds is 6. The molecule has 2 aromatic rings. The third-order valence-electron chi connectivity index (χ3n) is 3.69. The minimum absolute atomic E-state index is 0.0119. The molecule has 0 bridgehead atoms. The highest BCUT2D eigenvalue weighted by atomic mass is 16.2. The quantitative estimate of drug-likeness (QED) is 0.835. The first-order valence-corrected chi connectivity index (χ1v) is 7.19. The van der Waals surface area contributed by atoms with Crippen LogP contribution in [0, 0.1) is 0 Å². The Morgan fingerprint density at radius 3 is 2.67 bits per heavy atom. The third-order valence-corrected chi connectivity index (χ3v) is 3.69. The van der Waals surface area contributed by atoms with Crippen molar-refractivity contribution in [2.75, 3.05) is 34.2 Å². The average molecular weight is 288 g/mol. The molecule has 0 radical (unpaired) electrons. The van der Waals surface area contributed by atoms with Crippen LogP contribution in [-0.4, -0.2) is 61.0 Å². The largest absolute Gasteiger partial charge is 0.361 e. The molecule has 0 spiro atoms. The molecular weight excluding hydrogens is 264 g/mol. The monoisotopic (exact) mass is 288 g/mol. The number of para-hydroxylation sites is 1. The van der Waals surface area contributed by atoms with Gasteiger partial charge in [0.2, 0.25) is 5.91 Å². The molecule has 0 aliphatic carbocycles. The highest BCUT2D eigenvalue weighted by molar-refractivity contribution is 5.86. The summed E-state index contributed by atoms with van der Waals surface area (Å²) in [5, 5.41) is 1.14. The van der Waals surface area contributed by atoms with Gasteiger partial charge in [-0.15, -0.1) is 0 Å². The number of nitrogens with one attached hydrogen (secondary N) is 1. The number of aromatic amines is 1. The van der Waals surface area contributed by atoms with E-state index < -0.39 is 6.04 Å².